The Bertz CT molecular complexity index is 873. The molecule has 2 rings (SSSR count). The van der Waals surface area contributed by atoms with E-state index in [1.807, 2.05) is 37.2 Å². The maximum Gasteiger partial charge on any atom is 0.322 e. The summed E-state index contributed by atoms with van der Waals surface area (Å²) in [6.45, 7) is 2.76. The zero-order valence-electron chi connectivity index (χ0n) is 17.9. The molecule has 2 aromatic rings. The van der Waals surface area contributed by atoms with Crippen molar-refractivity contribution in [1.29, 1.82) is 0 Å². The number of ether oxygens (including phenoxy) is 1. The van der Waals surface area contributed by atoms with Gasteiger partial charge in [0.2, 0.25) is 5.91 Å². The third kappa shape index (κ3) is 6.73. The third-order valence-electron chi connectivity index (χ3n) is 4.46. The highest BCUT2D eigenvalue weighted by Crippen LogP contribution is 2.25. The molecule has 0 aliphatic rings. The molecule has 0 heterocycles. The molecule has 0 spiro atoms. The van der Waals surface area contributed by atoms with Crippen LogP contribution in [-0.4, -0.2) is 51.2 Å². The molecule has 8 heteroatoms. The lowest BCUT2D eigenvalue weighted by Gasteiger charge is -2.26. The second-order valence-electron chi connectivity index (χ2n) is 6.99. The van der Waals surface area contributed by atoms with Gasteiger partial charge in [0.05, 0.1) is 6.61 Å². The lowest BCUT2D eigenvalue weighted by atomic mass is 10.1. The molecule has 0 atom stereocenters. The standard InChI is InChI=1S/C22H29FN4O3/c1-5-21(28)24-19-9-10-20(26(2)3)16(13-19)15-27(11-12-30-4)22(29)25-18-8-6-7-17(23)14-18/h6-10,13-14H,5,11-12,15H2,1-4H3,(H,24,28)(H,25,29). The van der Waals surface area contributed by atoms with E-state index in [4.69, 9.17) is 4.74 Å². The fraction of sp³-hybridized carbons (Fsp3) is 0.364. The molecule has 0 bridgehead atoms. The van der Waals surface area contributed by atoms with Crippen molar-refractivity contribution in [1.82, 2.24) is 4.90 Å². The first-order valence-corrected chi connectivity index (χ1v) is 9.74. The number of methoxy groups -OCH3 is 1. The maximum absolute atomic E-state index is 13.5. The summed E-state index contributed by atoms with van der Waals surface area (Å²) in [6.07, 6.45) is 0.376. The first-order chi connectivity index (χ1) is 14.3. The van der Waals surface area contributed by atoms with Gasteiger partial charge >= 0.3 is 6.03 Å². The van der Waals surface area contributed by atoms with Crippen LogP contribution in [0.5, 0.6) is 0 Å². The Labute approximate surface area is 176 Å². The minimum absolute atomic E-state index is 0.0846. The predicted molar refractivity (Wildman–Crippen MR) is 117 cm³/mol. The number of hydrogen-bond acceptors (Lipinski definition) is 4. The normalized spacial score (nSPS) is 10.4. The molecule has 0 aliphatic heterocycles. The summed E-state index contributed by atoms with van der Waals surface area (Å²) in [4.78, 5) is 28.2. The molecule has 0 saturated heterocycles. The van der Waals surface area contributed by atoms with Gasteiger partial charge in [0.1, 0.15) is 5.82 Å². The molecule has 2 aromatic carbocycles. The van der Waals surface area contributed by atoms with Crippen LogP contribution in [-0.2, 0) is 16.1 Å². The lowest BCUT2D eigenvalue weighted by Crippen LogP contribution is -2.37. The van der Waals surface area contributed by atoms with Gasteiger partial charge in [0.15, 0.2) is 0 Å². The number of benzene rings is 2. The average molecular weight is 416 g/mol. The lowest BCUT2D eigenvalue weighted by molar-refractivity contribution is -0.115. The fourth-order valence-electron chi connectivity index (χ4n) is 2.90. The van der Waals surface area contributed by atoms with Gasteiger partial charge in [0, 0.05) is 57.8 Å². The summed E-state index contributed by atoms with van der Waals surface area (Å²) in [7, 11) is 5.39. The minimum Gasteiger partial charge on any atom is -0.383 e. The third-order valence-corrected chi connectivity index (χ3v) is 4.46. The highest BCUT2D eigenvalue weighted by atomic mass is 19.1. The summed E-state index contributed by atoms with van der Waals surface area (Å²) in [5, 5.41) is 5.57. The average Bonchev–Trinajstić information content (AvgIpc) is 2.70. The van der Waals surface area contributed by atoms with Crippen LogP contribution >= 0.6 is 0 Å². The largest absolute Gasteiger partial charge is 0.383 e. The van der Waals surface area contributed by atoms with Crippen molar-refractivity contribution in [3.63, 3.8) is 0 Å². The van der Waals surface area contributed by atoms with Crippen molar-refractivity contribution in [2.24, 2.45) is 0 Å². The second-order valence-corrected chi connectivity index (χ2v) is 6.99. The Morgan fingerprint density at radius 3 is 2.43 bits per heavy atom. The van der Waals surface area contributed by atoms with E-state index < -0.39 is 5.82 Å². The maximum atomic E-state index is 13.5. The van der Waals surface area contributed by atoms with E-state index in [1.165, 1.54) is 18.2 Å². The first-order valence-electron chi connectivity index (χ1n) is 9.74. The Morgan fingerprint density at radius 2 is 1.80 bits per heavy atom. The number of urea groups is 1. The van der Waals surface area contributed by atoms with Crippen molar-refractivity contribution >= 4 is 29.0 Å². The van der Waals surface area contributed by atoms with E-state index in [0.717, 1.165) is 11.3 Å². The van der Waals surface area contributed by atoms with E-state index in [-0.39, 0.29) is 18.5 Å². The highest BCUT2D eigenvalue weighted by molar-refractivity contribution is 5.91. The molecule has 2 N–H and O–H groups in total. The van der Waals surface area contributed by atoms with E-state index >= 15 is 0 Å². The molecule has 0 saturated carbocycles. The van der Waals surface area contributed by atoms with Gasteiger partial charge in [-0.3, -0.25) is 4.79 Å². The SMILES string of the molecule is CCC(=O)Nc1ccc(N(C)C)c(CN(CCOC)C(=O)Nc2cccc(F)c2)c1. The Balaban J connectivity index is 2.27. The second kappa shape index (κ2) is 11.2. The van der Waals surface area contributed by atoms with Crippen LogP contribution in [0.3, 0.4) is 0 Å². The number of carbonyl (C=O) groups is 2. The number of halogens is 1. The van der Waals surface area contributed by atoms with Crippen LogP contribution in [0.4, 0.5) is 26.2 Å². The molecule has 0 unspecified atom stereocenters. The highest BCUT2D eigenvalue weighted by Gasteiger charge is 2.17. The molecule has 0 aliphatic carbocycles. The monoisotopic (exact) mass is 416 g/mol. The number of rotatable bonds is 9. The molecule has 30 heavy (non-hydrogen) atoms. The smallest absolute Gasteiger partial charge is 0.322 e. The molecular weight excluding hydrogens is 387 g/mol. The summed E-state index contributed by atoms with van der Waals surface area (Å²) in [5.74, 6) is -0.510. The van der Waals surface area contributed by atoms with Crippen LogP contribution in [0.1, 0.15) is 18.9 Å². The van der Waals surface area contributed by atoms with Gasteiger partial charge in [0.25, 0.3) is 0 Å². The van der Waals surface area contributed by atoms with Crippen molar-refractivity contribution in [3.05, 3.63) is 53.8 Å². The zero-order chi connectivity index (χ0) is 22.1. The molecular formula is C22H29FN4O3. The molecule has 0 aromatic heterocycles. The van der Waals surface area contributed by atoms with E-state index in [1.54, 1.807) is 25.0 Å². The summed E-state index contributed by atoms with van der Waals surface area (Å²) >= 11 is 0. The van der Waals surface area contributed by atoms with Gasteiger partial charge < -0.3 is 25.2 Å². The van der Waals surface area contributed by atoms with Crippen LogP contribution in [0.15, 0.2) is 42.5 Å². The van der Waals surface area contributed by atoms with E-state index in [0.29, 0.717) is 30.9 Å². The number of anilines is 3. The Kier molecular flexibility index (Phi) is 8.61. The molecule has 7 nitrogen and oxygen atoms in total. The van der Waals surface area contributed by atoms with Crippen molar-refractivity contribution in [3.8, 4) is 0 Å². The van der Waals surface area contributed by atoms with Crippen molar-refractivity contribution in [2.45, 2.75) is 19.9 Å². The molecule has 3 amide bonds. The van der Waals surface area contributed by atoms with Gasteiger partial charge in [-0.15, -0.1) is 0 Å². The van der Waals surface area contributed by atoms with Crippen molar-refractivity contribution in [2.75, 3.05) is 49.9 Å². The van der Waals surface area contributed by atoms with Crippen LogP contribution in [0.25, 0.3) is 0 Å². The van der Waals surface area contributed by atoms with E-state index in [2.05, 4.69) is 10.6 Å². The minimum atomic E-state index is -0.425. The van der Waals surface area contributed by atoms with Gasteiger partial charge in [-0.25, -0.2) is 9.18 Å². The molecule has 0 fully saturated rings. The van der Waals surface area contributed by atoms with Crippen LogP contribution in [0.2, 0.25) is 0 Å². The Hall–Kier alpha value is -3.13. The quantitative estimate of drug-likeness (QED) is 0.650. The Morgan fingerprint density at radius 1 is 1.07 bits per heavy atom. The predicted octanol–water partition coefficient (Wildman–Crippen LogP) is 3.92. The topological polar surface area (TPSA) is 73.9 Å². The summed E-state index contributed by atoms with van der Waals surface area (Å²) in [6, 6.07) is 11.0. The number of carbonyl (C=O) groups excluding carboxylic acids is 2. The molecule has 0 radical (unpaired) electrons. The number of nitrogens with one attached hydrogen (secondary N) is 2. The fourth-order valence-corrected chi connectivity index (χ4v) is 2.90. The van der Waals surface area contributed by atoms with Gasteiger partial charge in [-0.05, 0) is 42.0 Å². The first kappa shape index (κ1) is 23.2. The number of nitrogens with zero attached hydrogens (tertiary/aromatic N) is 2. The number of hydrogen-bond donors (Lipinski definition) is 2. The zero-order valence-corrected chi connectivity index (χ0v) is 17.9. The van der Waals surface area contributed by atoms with E-state index in [9.17, 15) is 14.0 Å². The number of amides is 3. The van der Waals surface area contributed by atoms with Crippen LogP contribution in [0, 0.1) is 5.82 Å². The van der Waals surface area contributed by atoms with Gasteiger partial charge in [-0.2, -0.15) is 0 Å². The summed E-state index contributed by atoms with van der Waals surface area (Å²) < 4.78 is 18.6. The van der Waals surface area contributed by atoms with Gasteiger partial charge in [-0.1, -0.05) is 13.0 Å². The summed E-state index contributed by atoms with van der Waals surface area (Å²) in [5.41, 5.74) is 2.82. The molecule has 162 valence electrons. The van der Waals surface area contributed by atoms with Crippen molar-refractivity contribution < 1.29 is 18.7 Å². The van der Waals surface area contributed by atoms with Crippen LogP contribution < -0.4 is 15.5 Å².